The number of para-hydroxylation sites is 2. The quantitative estimate of drug-likeness (QED) is 0.344. The van der Waals surface area contributed by atoms with Crippen molar-refractivity contribution in [3.63, 3.8) is 0 Å². The third-order valence-corrected chi connectivity index (χ3v) is 8.61. The molecule has 3 heterocycles. The standard InChI is InChI=1S/C25H27N5O2S2/c1-3-32-18-7-5-4-6-17(18)26-20(31)13-33-25-29-28-23-21-16-11-8-14(2)12-19(16)34-24(21)27-22(30(23)25)15-9-10-15/h4-7,14-15H,3,8-13H2,1-2H3,(H,26,31). The zero-order valence-corrected chi connectivity index (χ0v) is 21.0. The van der Waals surface area contributed by atoms with Crippen LogP contribution in [0.3, 0.4) is 0 Å². The Morgan fingerprint density at radius 1 is 1.26 bits per heavy atom. The minimum absolute atomic E-state index is 0.0992. The first kappa shape index (κ1) is 21.9. The molecule has 9 heteroatoms. The number of aromatic nitrogens is 4. The molecule has 34 heavy (non-hydrogen) atoms. The number of carbonyl (C=O) groups excluding carboxylic acids is 1. The number of ether oxygens (including phenoxy) is 1. The van der Waals surface area contributed by atoms with Gasteiger partial charge in [0, 0.05) is 10.8 Å². The van der Waals surface area contributed by atoms with Gasteiger partial charge in [-0.1, -0.05) is 30.8 Å². The molecule has 4 aromatic rings. The van der Waals surface area contributed by atoms with Crippen molar-refractivity contribution in [2.75, 3.05) is 17.7 Å². The van der Waals surface area contributed by atoms with Gasteiger partial charge in [0.1, 0.15) is 16.4 Å². The normalized spacial score (nSPS) is 17.8. The Morgan fingerprint density at radius 3 is 2.94 bits per heavy atom. The van der Waals surface area contributed by atoms with Crippen molar-refractivity contribution < 1.29 is 9.53 Å². The fraction of sp³-hybridized carbons (Fsp3) is 0.440. The summed E-state index contributed by atoms with van der Waals surface area (Å²) in [4.78, 5) is 20.5. The molecule has 1 unspecified atom stereocenters. The molecule has 1 atom stereocenters. The van der Waals surface area contributed by atoms with Crippen molar-refractivity contribution in [1.82, 2.24) is 19.6 Å². The SMILES string of the molecule is CCOc1ccccc1NC(=O)CSc1nnc2c3c4c(sc3nc(C3CC3)n12)CC(C)CC4. The summed E-state index contributed by atoms with van der Waals surface area (Å²) in [7, 11) is 0. The highest BCUT2D eigenvalue weighted by atomic mass is 32.2. The first-order valence-electron chi connectivity index (χ1n) is 12.0. The summed E-state index contributed by atoms with van der Waals surface area (Å²) in [6, 6.07) is 7.50. The Balaban J connectivity index is 1.30. The van der Waals surface area contributed by atoms with Crippen LogP contribution in [0.5, 0.6) is 5.75 Å². The number of benzene rings is 1. The van der Waals surface area contributed by atoms with Crippen molar-refractivity contribution in [3.05, 3.63) is 40.5 Å². The van der Waals surface area contributed by atoms with E-state index in [0.29, 0.717) is 24.0 Å². The largest absolute Gasteiger partial charge is 0.492 e. The molecule has 176 valence electrons. The van der Waals surface area contributed by atoms with Gasteiger partial charge in [-0.2, -0.15) is 0 Å². The molecule has 1 saturated carbocycles. The molecule has 1 aromatic carbocycles. The summed E-state index contributed by atoms with van der Waals surface area (Å²) in [5.74, 6) is 3.03. The number of hydrogen-bond acceptors (Lipinski definition) is 7. The maximum Gasteiger partial charge on any atom is 0.234 e. The molecular weight excluding hydrogens is 466 g/mol. The molecule has 0 radical (unpaired) electrons. The summed E-state index contributed by atoms with van der Waals surface area (Å²) >= 11 is 3.25. The first-order valence-corrected chi connectivity index (χ1v) is 13.8. The lowest BCUT2D eigenvalue weighted by molar-refractivity contribution is -0.113. The van der Waals surface area contributed by atoms with Crippen molar-refractivity contribution in [3.8, 4) is 5.75 Å². The number of amides is 1. The average Bonchev–Trinajstić information content (AvgIpc) is 3.49. The second-order valence-electron chi connectivity index (χ2n) is 9.18. The van der Waals surface area contributed by atoms with Crippen molar-refractivity contribution in [2.45, 2.75) is 57.0 Å². The Morgan fingerprint density at radius 2 is 2.12 bits per heavy atom. The van der Waals surface area contributed by atoms with E-state index in [1.54, 1.807) is 0 Å². The van der Waals surface area contributed by atoms with E-state index in [4.69, 9.17) is 9.72 Å². The number of carbonyl (C=O) groups is 1. The van der Waals surface area contributed by atoms with Gasteiger partial charge in [-0.3, -0.25) is 9.20 Å². The van der Waals surface area contributed by atoms with E-state index in [1.165, 1.54) is 34.0 Å². The number of aryl methyl sites for hydroxylation is 1. The van der Waals surface area contributed by atoms with Crippen LogP contribution in [-0.2, 0) is 17.6 Å². The maximum atomic E-state index is 12.8. The molecule has 7 nitrogen and oxygen atoms in total. The van der Waals surface area contributed by atoms with Gasteiger partial charge >= 0.3 is 0 Å². The maximum absolute atomic E-state index is 12.8. The number of anilines is 1. The first-order chi connectivity index (χ1) is 16.6. The van der Waals surface area contributed by atoms with Crippen LogP contribution >= 0.6 is 23.1 Å². The molecule has 0 spiro atoms. The number of thiophene rings is 1. The van der Waals surface area contributed by atoms with Crippen LogP contribution in [0.1, 0.15) is 55.3 Å². The molecule has 0 saturated heterocycles. The van der Waals surface area contributed by atoms with Gasteiger partial charge < -0.3 is 10.1 Å². The predicted molar refractivity (Wildman–Crippen MR) is 136 cm³/mol. The summed E-state index contributed by atoms with van der Waals surface area (Å²) in [6.45, 7) is 4.80. The van der Waals surface area contributed by atoms with Crippen LogP contribution in [0, 0.1) is 5.92 Å². The minimum atomic E-state index is -0.0992. The Labute approximate surface area is 206 Å². The topological polar surface area (TPSA) is 81.4 Å². The third-order valence-electron chi connectivity index (χ3n) is 6.53. The fourth-order valence-corrected chi connectivity index (χ4v) is 6.84. The van der Waals surface area contributed by atoms with E-state index in [1.807, 2.05) is 42.5 Å². The zero-order chi connectivity index (χ0) is 23.2. The van der Waals surface area contributed by atoms with Gasteiger partial charge in [0.05, 0.1) is 23.4 Å². The van der Waals surface area contributed by atoms with E-state index < -0.39 is 0 Å². The van der Waals surface area contributed by atoms with Crippen LogP contribution in [0.4, 0.5) is 5.69 Å². The van der Waals surface area contributed by atoms with Gasteiger partial charge in [-0.25, -0.2) is 4.98 Å². The lowest BCUT2D eigenvalue weighted by atomic mass is 9.89. The number of nitrogens with one attached hydrogen (secondary N) is 1. The summed E-state index contributed by atoms with van der Waals surface area (Å²) < 4.78 is 7.75. The van der Waals surface area contributed by atoms with E-state index >= 15 is 0 Å². The highest BCUT2D eigenvalue weighted by Crippen LogP contribution is 2.44. The molecule has 2 aliphatic rings. The lowest BCUT2D eigenvalue weighted by Crippen LogP contribution is -2.15. The number of rotatable bonds is 7. The van der Waals surface area contributed by atoms with E-state index in [0.717, 1.165) is 53.1 Å². The smallest absolute Gasteiger partial charge is 0.234 e. The average molecular weight is 494 g/mol. The van der Waals surface area contributed by atoms with Crippen LogP contribution in [-0.4, -0.2) is 37.8 Å². The van der Waals surface area contributed by atoms with E-state index in [2.05, 4.69) is 26.8 Å². The van der Waals surface area contributed by atoms with Gasteiger partial charge in [0.25, 0.3) is 0 Å². The van der Waals surface area contributed by atoms with Crippen LogP contribution < -0.4 is 10.1 Å². The van der Waals surface area contributed by atoms with Gasteiger partial charge in [-0.15, -0.1) is 21.5 Å². The number of nitrogens with zero attached hydrogens (tertiary/aromatic N) is 4. The molecule has 0 aliphatic heterocycles. The predicted octanol–water partition coefficient (Wildman–Crippen LogP) is 5.47. The molecule has 3 aromatic heterocycles. The molecule has 6 rings (SSSR count). The zero-order valence-electron chi connectivity index (χ0n) is 19.3. The third kappa shape index (κ3) is 3.94. The summed E-state index contributed by atoms with van der Waals surface area (Å²) in [5.41, 5.74) is 3.00. The highest BCUT2D eigenvalue weighted by Gasteiger charge is 2.32. The van der Waals surface area contributed by atoms with Crippen LogP contribution in [0.25, 0.3) is 15.9 Å². The minimum Gasteiger partial charge on any atom is -0.492 e. The van der Waals surface area contributed by atoms with Gasteiger partial charge in [-0.05, 0) is 62.6 Å². The number of hydrogen-bond donors (Lipinski definition) is 1. The molecule has 2 aliphatic carbocycles. The van der Waals surface area contributed by atoms with E-state index in [-0.39, 0.29) is 11.7 Å². The number of thioether (sulfide) groups is 1. The Bertz CT molecular complexity index is 1390. The Kier molecular flexibility index (Phi) is 5.69. The summed E-state index contributed by atoms with van der Waals surface area (Å²) in [6.07, 6.45) is 5.70. The van der Waals surface area contributed by atoms with Crippen molar-refractivity contribution in [2.24, 2.45) is 5.92 Å². The highest BCUT2D eigenvalue weighted by molar-refractivity contribution is 7.99. The van der Waals surface area contributed by atoms with Gasteiger partial charge in [0.15, 0.2) is 10.8 Å². The molecule has 0 bridgehead atoms. The second kappa shape index (κ2) is 8.85. The van der Waals surface area contributed by atoms with E-state index in [9.17, 15) is 4.79 Å². The molecule has 1 N–H and O–H groups in total. The lowest BCUT2D eigenvalue weighted by Gasteiger charge is -2.17. The van der Waals surface area contributed by atoms with Crippen molar-refractivity contribution >= 4 is 50.6 Å². The summed E-state index contributed by atoms with van der Waals surface area (Å²) in [5, 5.41) is 14.0. The second-order valence-corrected chi connectivity index (χ2v) is 11.2. The van der Waals surface area contributed by atoms with Crippen molar-refractivity contribution in [1.29, 1.82) is 0 Å². The molecule has 1 fully saturated rings. The Hall–Kier alpha value is -2.65. The molecule has 1 amide bonds. The van der Waals surface area contributed by atoms with Crippen LogP contribution in [0.2, 0.25) is 0 Å². The fourth-order valence-electron chi connectivity index (χ4n) is 4.71. The monoisotopic (exact) mass is 493 g/mol. The van der Waals surface area contributed by atoms with Crippen LogP contribution in [0.15, 0.2) is 29.4 Å². The number of fused-ring (bicyclic) bond motifs is 5. The molecular formula is C25H27N5O2S2. The van der Waals surface area contributed by atoms with Gasteiger partial charge in [0.2, 0.25) is 5.91 Å².